The normalized spacial score (nSPS) is 17.6. The van der Waals surface area contributed by atoms with Gasteiger partial charge < -0.3 is 14.1 Å². The number of benzene rings is 4. The highest BCUT2D eigenvalue weighted by Gasteiger charge is 2.51. The molecule has 1 fully saturated rings. The molecule has 1 aliphatic heterocycles. The van der Waals surface area contributed by atoms with Crippen LogP contribution in [0.5, 0.6) is 5.75 Å². The van der Waals surface area contributed by atoms with Crippen molar-refractivity contribution in [2.24, 2.45) is 0 Å². The van der Waals surface area contributed by atoms with Crippen molar-refractivity contribution in [1.82, 2.24) is 0 Å². The molecule has 45 heavy (non-hydrogen) atoms. The average molecular weight is 711 g/mol. The van der Waals surface area contributed by atoms with Crippen molar-refractivity contribution < 1.29 is 22.7 Å². The molecule has 0 aliphatic carbocycles. The zero-order valence-electron chi connectivity index (χ0n) is 26.1. The second-order valence-electron chi connectivity index (χ2n) is 12.8. The first kappa shape index (κ1) is 33.4. The summed E-state index contributed by atoms with van der Waals surface area (Å²) in [4.78, 5) is 15.6. The number of ether oxygens (including phenoxy) is 1. The molecular formula is C36H38BrF2NO3SSi. The van der Waals surface area contributed by atoms with E-state index in [0.717, 1.165) is 21.2 Å². The van der Waals surface area contributed by atoms with Crippen molar-refractivity contribution in [3.8, 4) is 5.75 Å². The zero-order valence-corrected chi connectivity index (χ0v) is 29.5. The van der Waals surface area contributed by atoms with Crippen LogP contribution in [0.2, 0.25) is 18.1 Å². The van der Waals surface area contributed by atoms with Gasteiger partial charge in [0.25, 0.3) is 0 Å². The number of nitrogens with zero attached hydrogens (tertiary/aromatic N) is 1. The van der Waals surface area contributed by atoms with E-state index in [1.54, 1.807) is 29.2 Å². The Morgan fingerprint density at radius 2 is 1.53 bits per heavy atom. The van der Waals surface area contributed by atoms with Gasteiger partial charge in [0.2, 0.25) is 5.91 Å². The number of carbonyl (C=O) groups excluding carboxylic acids is 1. The third-order valence-electron chi connectivity index (χ3n) is 8.59. The molecule has 1 aliphatic rings. The van der Waals surface area contributed by atoms with Gasteiger partial charge in [0.1, 0.15) is 29.2 Å². The Bertz CT molecular complexity index is 1610. The van der Waals surface area contributed by atoms with E-state index in [2.05, 4.69) is 49.8 Å². The summed E-state index contributed by atoms with van der Waals surface area (Å²) in [5.41, 5.74) is 3.38. The van der Waals surface area contributed by atoms with Crippen LogP contribution in [0, 0.1) is 11.6 Å². The highest BCUT2D eigenvalue weighted by Crippen LogP contribution is 2.50. The topological polar surface area (TPSA) is 38.8 Å². The molecule has 0 saturated carbocycles. The van der Waals surface area contributed by atoms with Crippen molar-refractivity contribution in [2.75, 3.05) is 10.7 Å². The molecule has 0 bridgehead atoms. The number of β-lactam (4-membered cyclic amide) rings is 1. The molecule has 236 valence electrons. The number of amides is 1. The van der Waals surface area contributed by atoms with Gasteiger partial charge in [-0.15, -0.1) is 11.8 Å². The molecule has 4 aromatic carbocycles. The van der Waals surface area contributed by atoms with Crippen molar-refractivity contribution in [2.45, 2.75) is 62.9 Å². The predicted octanol–water partition coefficient (Wildman–Crippen LogP) is 10.3. The number of anilines is 1. The minimum Gasteiger partial charge on any atom is -0.489 e. The largest absolute Gasteiger partial charge is 0.489 e. The van der Waals surface area contributed by atoms with E-state index in [-0.39, 0.29) is 34.7 Å². The third-order valence-corrected chi connectivity index (χ3v) is 14.9. The molecule has 1 amide bonds. The van der Waals surface area contributed by atoms with Crippen molar-refractivity contribution >= 4 is 47.6 Å². The van der Waals surface area contributed by atoms with Crippen LogP contribution in [-0.4, -0.2) is 25.2 Å². The van der Waals surface area contributed by atoms with E-state index in [1.165, 1.54) is 36.0 Å². The molecule has 0 unspecified atom stereocenters. The molecule has 4 aromatic rings. The van der Waals surface area contributed by atoms with Gasteiger partial charge in [-0.2, -0.15) is 0 Å². The Morgan fingerprint density at radius 1 is 0.911 bits per heavy atom. The Hall–Kier alpha value is -2.98. The second kappa shape index (κ2) is 13.8. The van der Waals surface area contributed by atoms with E-state index in [4.69, 9.17) is 9.16 Å². The Morgan fingerprint density at radius 3 is 2.16 bits per heavy atom. The van der Waals surface area contributed by atoms with E-state index < -0.39 is 13.6 Å². The summed E-state index contributed by atoms with van der Waals surface area (Å²) in [5, 5.41) is -0.478. The summed E-state index contributed by atoms with van der Waals surface area (Å²) in [6.07, 6.45) is -0.330. The summed E-state index contributed by atoms with van der Waals surface area (Å²) in [6, 6.07) is 27.8. The second-order valence-corrected chi connectivity index (χ2v) is 19.6. The van der Waals surface area contributed by atoms with Gasteiger partial charge in [0, 0.05) is 21.5 Å². The monoisotopic (exact) mass is 709 g/mol. The lowest BCUT2D eigenvalue weighted by Gasteiger charge is -2.48. The number of hydrogen-bond donors (Lipinski definition) is 0. The van der Waals surface area contributed by atoms with E-state index in [0.29, 0.717) is 23.8 Å². The van der Waals surface area contributed by atoms with Gasteiger partial charge >= 0.3 is 0 Å². The maximum Gasteiger partial charge on any atom is 0.243 e. The van der Waals surface area contributed by atoms with Gasteiger partial charge in [-0.3, -0.25) is 4.79 Å². The molecule has 1 heterocycles. The minimum absolute atomic E-state index is 0.0351. The average Bonchev–Trinajstić information content (AvgIpc) is 3.00. The number of thioether (sulfide) groups is 1. The molecular weight excluding hydrogens is 672 g/mol. The molecule has 9 heteroatoms. The number of carbonyl (C=O) groups is 1. The summed E-state index contributed by atoms with van der Waals surface area (Å²) >= 11 is 5.12. The quantitative estimate of drug-likeness (QED) is 0.115. The van der Waals surface area contributed by atoms with E-state index in [1.807, 2.05) is 48.5 Å². The molecule has 1 saturated heterocycles. The van der Waals surface area contributed by atoms with Gasteiger partial charge in [0.05, 0.1) is 12.1 Å². The van der Waals surface area contributed by atoms with Crippen LogP contribution < -0.4 is 9.64 Å². The first-order chi connectivity index (χ1) is 21.3. The summed E-state index contributed by atoms with van der Waals surface area (Å²) < 4.78 is 41.9. The van der Waals surface area contributed by atoms with Gasteiger partial charge in [0.15, 0.2) is 8.32 Å². The van der Waals surface area contributed by atoms with Gasteiger partial charge in [-0.25, -0.2) is 8.78 Å². The Labute approximate surface area is 278 Å². The molecule has 5 rings (SSSR count). The SMILES string of the molecule is CC(C)(C)[Si](C)(C)O[C@@H](CS[C@H]1C(=O)N(c2ccc(F)cc2)[C@@H]1c1ccc(Br)cc1OCc1ccccc1)c1ccc(F)cc1. The molecule has 0 spiro atoms. The maximum atomic E-state index is 13.9. The summed E-state index contributed by atoms with van der Waals surface area (Å²) in [5.74, 6) is 0.420. The van der Waals surface area contributed by atoms with E-state index in [9.17, 15) is 13.6 Å². The van der Waals surface area contributed by atoms with Crippen LogP contribution in [-0.2, 0) is 15.8 Å². The fraction of sp³-hybridized carbons (Fsp3) is 0.306. The maximum absolute atomic E-state index is 13.9. The highest BCUT2D eigenvalue weighted by atomic mass is 79.9. The van der Waals surface area contributed by atoms with Crippen LogP contribution in [0.15, 0.2) is 102 Å². The lowest BCUT2D eigenvalue weighted by Crippen LogP contribution is -2.58. The number of rotatable bonds is 11. The lowest BCUT2D eigenvalue weighted by atomic mass is 9.91. The number of hydrogen-bond acceptors (Lipinski definition) is 4. The first-order valence-corrected chi connectivity index (χ1v) is 19.7. The van der Waals surface area contributed by atoms with Crippen molar-refractivity contribution in [1.29, 1.82) is 0 Å². The van der Waals surface area contributed by atoms with Crippen LogP contribution in [0.1, 0.15) is 49.6 Å². The fourth-order valence-corrected chi connectivity index (χ4v) is 8.12. The summed E-state index contributed by atoms with van der Waals surface area (Å²) in [7, 11) is -2.22. The van der Waals surface area contributed by atoms with Crippen molar-refractivity contribution in [3.63, 3.8) is 0 Å². The van der Waals surface area contributed by atoms with Crippen LogP contribution in [0.4, 0.5) is 14.5 Å². The molecule has 4 nitrogen and oxygen atoms in total. The highest BCUT2D eigenvalue weighted by molar-refractivity contribution is 9.10. The molecule has 0 radical (unpaired) electrons. The van der Waals surface area contributed by atoms with Gasteiger partial charge in [-0.05, 0) is 77.8 Å². The zero-order chi connectivity index (χ0) is 32.4. The van der Waals surface area contributed by atoms with Crippen LogP contribution in [0.25, 0.3) is 0 Å². The predicted molar refractivity (Wildman–Crippen MR) is 185 cm³/mol. The smallest absolute Gasteiger partial charge is 0.243 e. The fourth-order valence-electron chi connectivity index (χ4n) is 5.03. The molecule has 0 aromatic heterocycles. The molecule has 3 atom stereocenters. The van der Waals surface area contributed by atoms with Crippen LogP contribution >= 0.6 is 27.7 Å². The minimum atomic E-state index is -2.22. The lowest BCUT2D eigenvalue weighted by molar-refractivity contribution is -0.123. The first-order valence-electron chi connectivity index (χ1n) is 14.9. The molecule has 0 N–H and O–H groups in total. The van der Waals surface area contributed by atoms with Gasteiger partial charge in [-0.1, -0.05) is 85.2 Å². The third kappa shape index (κ3) is 7.71. The van der Waals surface area contributed by atoms with Crippen molar-refractivity contribution in [3.05, 3.63) is 130 Å². The standard InChI is InChI=1S/C36H38BrF2NO3SSi/c1-36(2,3)45(4,5)43-32(25-11-14-27(38)15-12-25)23-44-34-33(40(35(34)41)29-18-16-28(39)17-19-29)30-20-13-26(37)21-31(30)42-22-24-9-7-6-8-10-24/h6-21,32-34H,22-23H2,1-5H3/t32-,33+,34+/m0/s1. The Balaban J connectivity index is 1.47. The van der Waals surface area contributed by atoms with E-state index >= 15 is 0 Å². The Kier molecular flexibility index (Phi) is 10.2. The summed E-state index contributed by atoms with van der Waals surface area (Å²) in [6.45, 7) is 11.3. The van der Waals surface area contributed by atoms with Crippen LogP contribution in [0.3, 0.4) is 0 Å². The number of halogens is 3.